The molecule has 1 N–H and O–H groups in total. The predicted octanol–water partition coefficient (Wildman–Crippen LogP) is 2.23. The van der Waals surface area contributed by atoms with E-state index in [1.165, 1.54) is 11.2 Å². The molecule has 1 saturated carbocycles. The summed E-state index contributed by atoms with van der Waals surface area (Å²) in [4.78, 5) is 14.1. The maximum atomic E-state index is 13.6. The zero-order valence-corrected chi connectivity index (χ0v) is 21.6. The molecule has 1 saturated heterocycles. The standard InChI is InChI=1S/C27H32N2O6S/c1-17(30)34-21-10-9-19-15-22-27(31)12-11-20(29(3)36(32,33)16-18-7-5-4-6-8-18)25-26(27,13-14-28(22)2)23(19)24(21)35-25/h4-10,20,22,25,31H,11-16H2,1-3H3/t20-,22-,25+,26+,27-/m1/s1. The second kappa shape index (κ2) is 8.02. The first-order chi connectivity index (χ1) is 17.1. The third-order valence-corrected chi connectivity index (χ3v) is 10.9. The molecule has 2 bridgehead atoms. The average molecular weight is 513 g/mol. The lowest BCUT2D eigenvalue weighted by Gasteiger charge is -2.64. The number of carbonyl (C=O) groups excluding carboxylic acids is 1. The molecule has 0 amide bonds. The molecule has 2 heterocycles. The van der Waals surface area contributed by atoms with Crippen LogP contribution in [0.2, 0.25) is 0 Å². The van der Waals surface area contributed by atoms with Gasteiger partial charge in [0.15, 0.2) is 11.5 Å². The fourth-order valence-corrected chi connectivity index (χ4v) is 8.86. The van der Waals surface area contributed by atoms with Gasteiger partial charge in [0.25, 0.3) is 0 Å². The first-order valence-electron chi connectivity index (χ1n) is 12.5. The molecule has 36 heavy (non-hydrogen) atoms. The number of nitrogens with zero attached hydrogens (tertiary/aromatic N) is 2. The van der Waals surface area contributed by atoms with Gasteiger partial charge >= 0.3 is 5.97 Å². The Kier molecular flexibility index (Phi) is 5.32. The molecule has 2 aliphatic heterocycles. The highest BCUT2D eigenvalue weighted by Crippen LogP contribution is 2.65. The van der Waals surface area contributed by atoms with Gasteiger partial charge < -0.3 is 19.5 Å². The molecule has 0 radical (unpaired) electrons. The van der Waals surface area contributed by atoms with Crippen molar-refractivity contribution in [2.24, 2.45) is 0 Å². The van der Waals surface area contributed by atoms with Crippen molar-refractivity contribution < 1.29 is 27.8 Å². The van der Waals surface area contributed by atoms with Gasteiger partial charge in [-0.15, -0.1) is 0 Å². The Morgan fingerprint density at radius 1 is 1.22 bits per heavy atom. The van der Waals surface area contributed by atoms with Crippen LogP contribution in [0.25, 0.3) is 0 Å². The number of hydrogen-bond donors (Lipinski definition) is 1. The molecule has 8 nitrogen and oxygen atoms in total. The Balaban J connectivity index is 1.46. The van der Waals surface area contributed by atoms with Crippen LogP contribution >= 0.6 is 0 Å². The first kappa shape index (κ1) is 23.9. The van der Waals surface area contributed by atoms with E-state index in [0.29, 0.717) is 37.2 Å². The third-order valence-electron chi connectivity index (χ3n) is 9.03. The van der Waals surface area contributed by atoms with Crippen molar-refractivity contribution in [1.82, 2.24) is 9.21 Å². The van der Waals surface area contributed by atoms with Gasteiger partial charge in [0.05, 0.1) is 22.8 Å². The van der Waals surface area contributed by atoms with Gasteiger partial charge in [-0.25, -0.2) is 8.42 Å². The fourth-order valence-electron chi connectivity index (χ4n) is 7.42. The lowest BCUT2D eigenvalue weighted by atomic mass is 9.48. The molecular weight excluding hydrogens is 480 g/mol. The summed E-state index contributed by atoms with van der Waals surface area (Å²) in [6, 6.07) is 12.3. The van der Waals surface area contributed by atoms with Gasteiger partial charge in [0.1, 0.15) is 6.10 Å². The molecule has 4 aliphatic rings. The summed E-state index contributed by atoms with van der Waals surface area (Å²) in [5.74, 6) is 0.259. The minimum absolute atomic E-state index is 0.0949. The quantitative estimate of drug-likeness (QED) is 0.485. The number of sulfonamides is 1. The number of benzene rings is 2. The molecule has 9 heteroatoms. The van der Waals surface area contributed by atoms with Crippen LogP contribution in [0, 0.1) is 0 Å². The van der Waals surface area contributed by atoms with E-state index in [2.05, 4.69) is 4.90 Å². The summed E-state index contributed by atoms with van der Waals surface area (Å²) in [6.45, 7) is 2.11. The Hall–Kier alpha value is -2.46. The van der Waals surface area contributed by atoms with E-state index in [9.17, 15) is 18.3 Å². The maximum Gasteiger partial charge on any atom is 0.308 e. The second-order valence-corrected chi connectivity index (χ2v) is 12.8. The van der Waals surface area contributed by atoms with E-state index in [4.69, 9.17) is 9.47 Å². The van der Waals surface area contributed by atoms with Crippen molar-refractivity contribution in [3.8, 4) is 11.5 Å². The number of rotatable bonds is 5. The molecule has 5 atom stereocenters. The molecular formula is C27H32N2O6S. The smallest absolute Gasteiger partial charge is 0.308 e. The van der Waals surface area contributed by atoms with Crippen molar-refractivity contribution >= 4 is 16.0 Å². The van der Waals surface area contributed by atoms with Crippen molar-refractivity contribution in [1.29, 1.82) is 0 Å². The number of likely N-dealkylation sites (tertiary alicyclic amines) is 1. The van der Waals surface area contributed by atoms with Gasteiger partial charge in [0.2, 0.25) is 10.0 Å². The van der Waals surface area contributed by atoms with Crippen molar-refractivity contribution in [2.45, 2.75) is 67.6 Å². The van der Waals surface area contributed by atoms with E-state index >= 15 is 0 Å². The van der Waals surface area contributed by atoms with Crippen LogP contribution in [0.15, 0.2) is 42.5 Å². The number of esters is 1. The van der Waals surface area contributed by atoms with Gasteiger partial charge in [-0.05, 0) is 56.5 Å². The summed E-state index contributed by atoms with van der Waals surface area (Å²) in [7, 11) is 0.00529. The number of hydrogen-bond acceptors (Lipinski definition) is 7. The van der Waals surface area contributed by atoms with Crippen LogP contribution < -0.4 is 9.47 Å². The fraction of sp³-hybridized carbons (Fsp3) is 0.519. The van der Waals surface area contributed by atoms with Gasteiger partial charge in [0, 0.05) is 25.6 Å². The molecule has 2 fully saturated rings. The number of carbonyl (C=O) groups is 1. The number of likely N-dealkylation sites (N-methyl/N-ethyl adjacent to an activating group) is 2. The summed E-state index contributed by atoms with van der Waals surface area (Å²) in [5, 5.41) is 12.4. The van der Waals surface area contributed by atoms with Crippen molar-refractivity contribution in [2.75, 3.05) is 20.6 Å². The summed E-state index contributed by atoms with van der Waals surface area (Å²) >= 11 is 0. The maximum absolute atomic E-state index is 13.6. The number of aliphatic hydroxyl groups is 1. The molecule has 0 aromatic heterocycles. The zero-order chi connectivity index (χ0) is 25.5. The number of piperidine rings is 1. The van der Waals surface area contributed by atoms with E-state index in [1.54, 1.807) is 13.1 Å². The predicted molar refractivity (Wildman–Crippen MR) is 133 cm³/mol. The summed E-state index contributed by atoms with van der Waals surface area (Å²) in [6.07, 6.45) is 1.65. The highest BCUT2D eigenvalue weighted by molar-refractivity contribution is 7.88. The molecule has 2 aliphatic carbocycles. The first-order valence-corrected chi connectivity index (χ1v) is 14.1. The van der Waals surface area contributed by atoms with Crippen LogP contribution in [-0.4, -0.2) is 73.1 Å². The minimum Gasteiger partial charge on any atom is -0.483 e. The van der Waals surface area contributed by atoms with E-state index < -0.39 is 39.2 Å². The molecule has 2 aromatic carbocycles. The molecule has 1 spiro atoms. The van der Waals surface area contributed by atoms with Crippen molar-refractivity contribution in [3.05, 3.63) is 59.2 Å². The van der Waals surface area contributed by atoms with Gasteiger partial charge in [-0.2, -0.15) is 4.31 Å². The van der Waals surface area contributed by atoms with Crippen LogP contribution in [0.4, 0.5) is 0 Å². The van der Waals surface area contributed by atoms with Gasteiger partial charge in [-0.3, -0.25) is 4.79 Å². The lowest BCUT2D eigenvalue weighted by molar-refractivity contribution is -0.191. The van der Waals surface area contributed by atoms with Crippen LogP contribution in [0.3, 0.4) is 0 Å². The molecule has 6 rings (SSSR count). The van der Waals surface area contributed by atoms with Gasteiger partial charge in [-0.1, -0.05) is 36.4 Å². The highest BCUT2D eigenvalue weighted by atomic mass is 32.2. The molecule has 2 aromatic rings. The average Bonchev–Trinajstić information content (AvgIpc) is 3.18. The lowest BCUT2D eigenvalue weighted by Crippen LogP contribution is -2.77. The summed E-state index contributed by atoms with van der Waals surface area (Å²) in [5.41, 5.74) is 0.847. The van der Waals surface area contributed by atoms with Crippen molar-refractivity contribution in [3.63, 3.8) is 0 Å². The third kappa shape index (κ3) is 3.16. The topological polar surface area (TPSA) is 96.4 Å². The Bertz CT molecular complexity index is 1330. The van der Waals surface area contributed by atoms with E-state index in [-0.39, 0.29) is 11.8 Å². The molecule has 192 valence electrons. The van der Waals surface area contributed by atoms with Crippen LogP contribution in [0.5, 0.6) is 11.5 Å². The van der Waals surface area contributed by atoms with E-state index in [1.807, 2.05) is 43.4 Å². The largest absolute Gasteiger partial charge is 0.483 e. The Morgan fingerprint density at radius 2 is 1.97 bits per heavy atom. The minimum atomic E-state index is -3.66. The van der Waals surface area contributed by atoms with E-state index in [0.717, 1.165) is 23.2 Å². The second-order valence-electron chi connectivity index (χ2n) is 10.8. The highest BCUT2D eigenvalue weighted by Gasteiger charge is 2.73. The zero-order valence-electron chi connectivity index (χ0n) is 20.8. The molecule has 0 unspecified atom stereocenters. The monoisotopic (exact) mass is 512 g/mol. The van der Waals surface area contributed by atoms with Crippen LogP contribution in [-0.2, 0) is 32.4 Å². The Morgan fingerprint density at radius 3 is 2.69 bits per heavy atom. The van der Waals surface area contributed by atoms with Crippen LogP contribution in [0.1, 0.15) is 42.9 Å². The normalized spacial score (nSPS) is 32.6. The number of ether oxygens (including phenoxy) is 2. The SMILES string of the molecule is CC(=O)Oc1ccc2c3c1O[C@H]1[C@H](N(C)S(=O)(=O)Cc4ccccc4)CC[C@@]4(O)[C@@H](C2)N(C)CC[C@]314. The Labute approximate surface area is 211 Å². The summed E-state index contributed by atoms with van der Waals surface area (Å²) < 4.78 is 40.7.